The van der Waals surface area contributed by atoms with Crippen LogP contribution in [0.25, 0.3) is 22.5 Å². The van der Waals surface area contributed by atoms with E-state index in [2.05, 4.69) is 20.4 Å². The molecular weight excluding hydrogens is 408 g/mol. The van der Waals surface area contributed by atoms with E-state index in [0.29, 0.717) is 5.06 Å². The van der Waals surface area contributed by atoms with Gasteiger partial charge >= 0.3 is 6.03 Å². The first-order chi connectivity index (χ1) is 13.7. The zero-order chi connectivity index (χ0) is 21.3. The van der Waals surface area contributed by atoms with Crippen molar-refractivity contribution in [1.82, 2.24) is 25.5 Å². The lowest BCUT2D eigenvalue weighted by atomic mass is 9.99. The van der Waals surface area contributed by atoms with Crippen molar-refractivity contribution >= 4 is 17.6 Å². The van der Waals surface area contributed by atoms with Crippen molar-refractivity contribution in [3.8, 4) is 22.5 Å². The number of amides is 2. The molecule has 2 heterocycles. The summed E-state index contributed by atoms with van der Waals surface area (Å²) < 4.78 is 34.2. The normalized spacial score (nSPS) is 12.0. The Bertz CT molecular complexity index is 1070. The van der Waals surface area contributed by atoms with Crippen molar-refractivity contribution in [2.75, 3.05) is 7.05 Å². The number of urea groups is 1. The van der Waals surface area contributed by atoms with E-state index in [4.69, 9.17) is 21.3 Å². The molecule has 8 nitrogen and oxygen atoms in total. The van der Waals surface area contributed by atoms with E-state index in [1.807, 2.05) is 0 Å². The standard InChI is InChI=1S/C18H16ClF2N5O3/c1-8(23-18(27)26(3)28)16-14(21)4-10(7-22-16)12-5-11(19)6-13(20)15(12)17-24-9(2)29-25-17/h4-8,28H,1-3H3,(H,23,27)/t8-/m1/s1. The summed E-state index contributed by atoms with van der Waals surface area (Å²) in [6.07, 6.45) is 1.31. The summed E-state index contributed by atoms with van der Waals surface area (Å²) in [5.74, 6) is -1.22. The number of hydrogen-bond acceptors (Lipinski definition) is 6. The summed E-state index contributed by atoms with van der Waals surface area (Å²) in [4.78, 5) is 19.6. The fourth-order valence-corrected chi connectivity index (χ4v) is 2.90. The van der Waals surface area contributed by atoms with Crippen LogP contribution in [0.4, 0.5) is 13.6 Å². The molecule has 0 bridgehead atoms. The number of aryl methyl sites for hydroxylation is 1. The van der Waals surface area contributed by atoms with E-state index >= 15 is 0 Å². The number of aromatic nitrogens is 3. The van der Waals surface area contributed by atoms with Crippen molar-refractivity contribution < 1.29 is 23.3 Å². The molecule has 29 heavy (non-hydrogen) atoms. The van der Waals surface area contributed by atoms with Crippen molar-refractivity contribution in [1.29, 1.82) is 0 Å². The molecule has 0 aliphatic carbocycles. The third kappa shape index (κ3) is 4.33. The number of hydrogen-bond donors (Lipinski definition) is 2. The Balaban J connectivity index is 2.04. The lowest BCUT2D eigenvalue weighted by Gasteiger charge is -2.17. The van der Waals surface area contributed by atoms with Gasteiger partial charge in [-0.3, -0.25) is 10.2 Å². The highest BCUT2D eigenvalue weighted by Gasteiger charge is 2.22. The smallest absolute Gasteiger partial charge is 0.339 e. The molecule has 2 aromatic heterocycles. The number of halogens is 3. The molecule has 0 fully saturated rings. The number of nitrogens with one attached hydrogen (secondary N) is 1. The van der Waals surface area contributed by atoms with E-state index in [-0.39, 0.29) is 39.1 Å². The van der Waals surface area contributed by atoms with Crippen LogP contribution in [0.15, 0.2) is 28.9 Å². The fraction of sp³-hybridized carbons (Fsp3) is 0.222. The van der Waals surface area contributed by atoms with Gasteiger partial charge in [0.2, 0.25) is 11.7 Å². The summed E-state index contributed by atoms with van der Waals surface area (Å²) in [6, 6.07) is 2.01. The largest absolute Gasteiger partial charge is 0.341 e. The Morgan fingerprint density at radius 3 is 2.62 bits per heavy atom. The van der Waals surface area contributed by atoms with Crippen LogP contribution in [0.5, 0.6) is 0 Å². The molecule has 1 aromatic carbocycles. The third-order valence-corrected chi connectivity index (χ3v) is 4.25. The quantitative estimate of drug-likeness (QED) is 0.483. The van der Waals surface area contributed by atoms with Crippen LogP contribution >= 0.6 is 11.6 Å². The second-order valence-electron chi connectivity index (χ2n) is 6.23. The van der Waals surface area contributed by atoms with E-state index in [1.54, 1.807) is 6.92 Å². The number of benzene rings is 1. The Labute approximate surface area is 169 Å². The van der Waals surface area contributed by atoms with Crippen molar-refractivity contribution in [3.05, 3.63) is 52.6 Å². The second-order valence-corrected chi connectivity index (χ2v) is 6.67. The molecule has 0 saturated heterocycles. The maximum atomic E-state index is 14.7. The zero-order valence-electron chi connectivity index (χ0n) is 15.6. The van der Waals surface area contributed by atoms with E-state index in [1.165, 1.54) is 19.2 Å². The van der Waals surface area contributed by atoms with Gasteiger partial charge in [-0.25, -0.2) is 18.6 Å². The molecule has 3 aromatic rings. The Morgan fingerprint density at radius 1 is 1.31 bits per heavy atom. The number of carbonyl (C=O) groups excluding carboxylic acids is 1. The molecule has 3 rings (SSSR count). The number of carbonyl (C=O) groups is 1. The topological polar surface area (TPSA) is 104 Å². The summed E-state index contributed by atoms with van der Waals surface area (Å²) in [7, 11) is 1.13. The van der Waals surface area contributed by atoms with Crippen LogP contribution in [0, 0.1) is 18.6 Å². The molecule has 2 N–H and O–H groups in total. The molecule has 0 unspecified atom stereocenters. The lowest BCUT2D eigenvalue weighted by molar-refractivity contribution is -0.0193. The predicted octanol–water partition coefficient (Wildman–Crippen LogP) is 4.13. The highest BCUT2D eigenvalue weighted by molar-refractivity contribution is 6.31. The molecule has 1 atom stereocenters. The number of nitrogens with zero attached hydrogens (tertiary/aromatic N) is 4. The first-order valence-corrected chi connectivity index (χ1v) is 8.73. The zero-order valence-corrected chi connectivity index (χ0v) is 16.3. The first kappa shape index (κ1) is 20.6. The van der Waals surface area contributed by atoms with Crippen LogP contribution in [-0.4, -0.2) is 38.5 Å². The average molecular weight is 424 g/mol. The fourth-order valence-electron chi connectivity index (χ4n) is 2.69. The third-order valence-electron chi connectivity index (χ3n) is 4.03. The van der Waals surface area contributed by atoms with Gasteiger partial charge in [-0.1, -0.05) is 16.8 Å². The second kappa shape index (κ2) is 8.10. The number of hydroxylamine groups is 2. The lowest BCUT2D eigenvalue weighted by Crippen LogP contribution is -2.37. The van der Waals surface area contributed by atoms with E-state index in [0.717, 1.165) is 19.2 Å². The maximum absolute atomic E-state index is 14.7. The van der Waals surface area contributed by atoms with Gasteiger partial charge in [-0.15, -0.1) is 0 Å². The van der Waals surface area contributed by atoms with Gasteiger partial charge in [0.05, 0.1) is 17.3 Å². The maximum Gasteiger partial charge on any atom is 0.341 e. The van der Waals surface area contributed by atoms with Gasteiger partial charge in [0, 0.05) is 30.8 Å². The Hall–Kier alpha value is -3.11. The van der Waals surface area contributed by atoms with Crippen LogP contribution in [0.3, 0.4) is 0 Å². The summed E-state index contributed by atoms with van der Waals surface area (Å²) in [5, 5.41) is 15.6. The van der Waals surface area contributed by atoms with Crippen LogP contribution in [-0.2, 0) is 0 Å². The summed E-state index contributed by atoms with van der Waals surface area (Å²) >= 11 is 5.98. The van der Waals surface area contributed by atoms with E-state index < -0.39 is 23.7 Å². The molecule has 0 saturated carbocycles. The average Bonchev–Trinajstić information content (AvgIpc) is 3.06. The first-order valence-electron chi connectivity index (χ1n) is 8.36. The van der Waals surface area contributed by atoms with E-state index in [9.17, 15) is 13.6 Å². The van der Waals surface area contributed by atoms with Gasteiger partial charge in [0.15, 0.2) is 0 Å². The SMILES string of the molecule is Cc1nc(-c2c(F)cc(Cl)cc2-c2cnc([C@@H](C)NC(=O)N(C)O)c(F)c2)no1. The Morgan fingerprint density at radius 2 is 2.03 bits per heavy atom. The molecule has 152 valence electrons. The highest BCUT2D eigenvalue weighted by Crippen LogP contribution is 2.36. The Kier molecular flexibility index (Phi) is 5.76. The van der Waals surface area contributed by atoms with Crippen molar-refractivity contribution in [2.24, 2.45) is 0 Å². The van der Waals surface area contributed by atoms with Gasteiger partial charge in [0.25, 0.3) is 0 Å². The van der Waals surface area contributed by atoms with Gasteiger partial charge < -0.3 is 9.84 Å². The monoisotopic (exact) mass is 423 g/mol. The van der Waals surface area contributed by atoms with Crippen LogP contribution in [0.1, 0.15) is 24.6 Å². The number of pyridine rings is 1. The predicted molar refractivity (Wildman–Crippen MR) is 99.1 cm³/mol. The van der Waals surface area contributed by atoms with Crippen molar-refractivity contribution in [3.63, 3.8) is 0 Å². The number of rotatable bonds is 4. The van der Waals surface area contributed by atoms with Crippen LogP contribution < -0.4 is 5.32 Å². The van der Waals surface area contributed by atoms with Gasteiger partial charge in [0.1, 0.15) is 11.6 Å². The molecular formula is C18H16ClF2N5O3. The molecule has 0 aliphatic heterocycles. The molecule has 11 heteroatoms. The summed E-state index contributed by atoms with van der Waals surface area (Å²) in [6.45, 7) is 3.05. The van der Waals surface area contributed by atoms with Gasteiger partial charge in [-0.05, 0) is 30.7 Å². The molecule has 0 spiro atoms. The summed E-state index contributed by atoms with van der Waals surface area (Å²) in [5.41, 5.74) is 0.371. The minimum Gasteiger partial charge on any atom is -0.339 e. The molecule has 0 aliphatic rings. The van der Waals surface area contributed by atoms with Crippen molar-refractivity contribution in [2.45, 2.75) is 19.9 Å². The minimum absolute atomic E-state index is 0.0107. The van der Waals surface area contributed by atoms with Crippen LogP contribution in [0.2, 0.25) is 5.02 Å². The molecule has 0 radical (unpaired) electrons. The molecule has 2 amide bonds. The highest BCUT2D eigenvalue weighted by atomic mass is 35.5. The van der Waals surface area contributed by atoms with Gasteiger partial charge in [-0.2, -0.15) is 4.98 Å². The minimum atomic E-state index is -0.832.